The van der Waals surface area contributed by atoms with Crippen molar-refractivity contribution in [2.24, 2.45) is 0 Å². The molecule has 1 amide bonds. The lowest BCUT2D eigenvalue weighted by atomic mass is 10.2. The van der Waals surface area contributed by atoms with Gasteiger partial charge in [-0.3, -0.25) is 9.59 Å². The molecule has 1 aliphatic rings. The summed E-state index contributed by atoms with van der Waals surface area (Å²) in [7, 11) is 0. The number of aromatic nitrogens is 2. The number of aliphatic carboxylic acids is 1. The zero-order valence-electron chi connectivity index (χ0n) is 19.4. The third-order valence-electron chi connectivity index (χ3n) is 5.71. The number of hydrogen-bond acceptors (Lipinski definition) is 5. The number of rotatable bonds is 9. The van der Waals surface area contributed by atoms with Crippen LogP contribution in [0.15, 0.2) is 29.2 Å². The first kappa shape index (κ1) is 24.3. The zero-order valence-corrected chi connectivity index (χ0v) is 20.2. The van der Waals surface area contributed by atoms with Crippen molar-refractivity contribution in [1.82, 2.24) is 14.5 Å². The van der Waals surface area contributed by atoms with Gasteiger partial charge in [-0.15, -0.1) is 11.8 Å². The monoisotopic (exact) mass is 459 g/mol. The standard InChI is InChI=1S/C24H33N3O4S/c1-5-6-7-12-27-17(2)20(22(28)26-13-15-31-16-14-26)25-21(27)18-8-10-19(11-9-18)32-24(3,4)23(29)30/h8-11H,5-7,12-16H2,1-4H3,(H,29,30). The molecule has 1 saturated heterocycles. The number of carbonyl (C=O) groups excluding carboxylic acids is 1. The highest BCUT2D eigenvalue weighted by molar-refractivity contribution is 8.01. The van der Waals surface area contributed by atoms with E-state index in [1.807, 2.05) is 36.1 Å². The molecule has 174 valence electrons. The maximum absolute atomic E-state index is 13.2. The Kier molecular flexibility index (Phi) is 8.00. The van der Waals surface area contributed by atoms with Crippen LogP contribution in [0.2, 0.25) is 0 Å². The summed E-state index contributed by atoms with van der Waals surface area (Å²) in [4.78, 5) is 32.1. The Morgan fingerprint density at radius 3 is 2.41 bits per heavy atom. The molecule has 1 aromatic heterocycles. The quantitative estimate of drug-likeness (QED) is 0.440. The first-order chi connectivity index (χ1) is 15.2. The van der Waals surface area contributed by atoms with Gasteiger partial charge in [-0.25, -0.2) is 4.98 Å². The van der Waals surface area contributed by atoms with Gasteiger partial charge in [0.2, 0.25) is 0 Å². The summed E-state index contributed by atoms with van der Waals surface area (Å²) in [5.74, 6) is -0.110. The summed E-state index contributed by atoms with van der Waals surface area (Å²) in [6.45, 7) is 10.6. The van der Waals surface area contributed by atoms with E-state index in [9.17, 15) is 14.7 Å². The van der Waals surface area contributed by atoms with Crippen molar-refractivity contribution in [2.75, 3.05) is 26.3 Å². The van der Waals surface area contributed by atoms with Crippen molar-refractivity contribution in [3.8, 4) is 11.4 Å². The second-order valence-electron chi connectivity index (χ2n) is 8.57. The molecule has 0 atom stereocenters. The number of carboxylic acid groups (broad SMARTS) is 1. The lowest BCUT2D eigenvalue weighted by Crippen LogP contribution is -2.41. The van der Waals surface area contributed by atoms with Gasteiger partial charge >= 0.3 is 5.97 Å². The maximum atomic E-state index is 13.2. The minimum atomic E-state index is -0.908. The molecule has 7 nitrogen and oxygen atoms in total. The molecule has 1 aliphatic heterocycles. The minimum absolute atomic E-state index is 0.0447. The highest BCUT2D eigenvalue weighted by atomic mass is 32.2. The van der Waals surface area contributed by atoms with Crippen LogP contribution in [-0.2, 0) is 16.1 Å². The van der Waals surface area contributed by atoms with Crippen molar-refractivity contribution >= 4 is 23.6 Å². The number of nitrogens with zero attached hydrogens (tertiary/aromatic N) is 3. The number of ether oxygens (including phenoxy) is 1. The van der Waals surface area contributed by atoms with Crippen LogP contribution in [-0.4, -0.2) is 62.5 Å². The zero-order chi connectivity index (χ0) is 23.3. The fraction of sp³-hybridized carbons (Fsp3) is 0.542. The van der Waals surface area contributed by atoms with Crippen LogP contribution in [0.1, 0.15) is 56.2 Å². The normalized spacial score (nSPS) is 14.6. The van der Waals surface area contributed by atoms with E-state index in [1.54, 1.807) is 13.8 Å². The number of carboxylic acids is 1. The molecule has 1 aromatic carbocycles. The molecule has 2 aromatic rings. The highest BCUT2D eigenvalue weighted by Gasteiger charge is 2.29. The van der Waals surface area contributed by atoms with Crippen LogP contribution in [0, 0.1) is 6.92 Å². The van der Waals surface area contributed by atoms with E-state index in [2.05, 4.69) is 11.5 Å². The van der Waals surface area contributed by atoms with Crippen LogP contribution >= 0.6 is 11.8 Å². The number of thioether (sulfide) groups is 1. The number of morpholine rings is 1. The summed E-state index contributed by atoms with van der Waals surface area (Å²) in [5.41, 5.74) is 2.31. The molecule has 1 N–H and O–H groups in total. The summed E-state index contributed by atoms with van der Waals surface area (Å²) < 4.78 is 6.62. The summed E-state index contributed by atoms with van der Waals surface area (Å²) in [5, 5.41) is 9.39. The van der Waals surface area contributed by atoms with Gasteiger partial charge in [-0.05, 0) is 39.3 Å². The fourth-order valence-electron chi connectivity index (χ4n) is 3.68. The molecule has 0 unspecified atom stereocenters. The van der Waals surface area contributed by atoms with Gasteiger partial charge in [-0.1, -0.05) is 31.9 Å². The second-order valence-corrected chi connectivity index (χ2v) is 10.3. The van der Waals surface area contributed by atoms with Crippen molar-refractivity contribution in [3.05, 3.63) is 35.7 Å². The van der Waals surface area contributed by atoms with Gasteiger partial charge in [0.25, 0.3) is 5.91 Å². The molecule has 0 aliphatic carbocycles. The molecule has 0 radical (unpaired) electrons. The lowest BCUT2D eigenvalue weighted by molar-refractivity contribution is -0.138. The number of unbranched alkanes of at least 4 members (excludes halogenated alkanes) is 2. The topological polar surface area (TPSA) is 84.7 Å². The molecule has 1 fully saturated rings. The molecule has 32 heavy (non-hydrogen) atoms. The highest BCUT2D eigenvalue weighted by Crippen LogP contribution is 2.34. The van der Waals surface area contributed by atoms with E-state index in [1.165, 1.54) is 11.8 Å². The van der Waals surface area contributed by atoms with E-state index >= 15 is 0 Å². The number of benzene rings is 1. The van der Waals surface area contributed by atoms with Gasteiger partial charge in [0.05, 0.1) is 13.2 Å². The number of hydrogen-bond donors (Lipinski definition) is 1. The molecular formula is C24H33N3O4S. The molecule has 8 heteroatoms. The van der Waals surface area contributed by atoms with Crippen LogP contribution in [0.5, 0.6) is 0 Å². The molecule has 0 spiro atoms. The van der Waals surface area contributed by atoms with Gasteiger partial charge in [0.15, 0.2) is 0 Å². The molecule has 2 heterocycles. The van der Waals surface area contributed by atoms with Gasteiger partial charge in [-0.2, -0.15) is 0 Å². The first-order valence-corrected chi connectivity index (χ1v) is 12.0. The Balaban J connectivity index is 1.91. The van der Waals surface area contributed by atoms with Gasteiger partial charge < -0.3 is 19.3 Å². The molecule has 0 bridgehead atoms. The Morgan fingerprint density at radius 2 is 1.81 bits per heavy atom. The largest absolute Gasteiger partial charge is 0.480 e. The van der Waals surface area contributed by atoms with Gasteiger partial charge in [0.1, 0.15) is 16.3 Å². The Morgan fingerprint density at radius 1 is 1.16 bits per heavy atom. The lowest BCUT2D eigenvalue weighted by Gasteiger charge is -2.26. The second kappa shape index (κ2) is 10.5. The summed E-state index contributed by atoms with van der Waals surface area (Å²) in [6.07, 6.45) is 3.25. The summed E-state index contributed by atoms with van der Waals surface area (Å²) in [6, 6.07) is 7.77. The van der Waals surface area contributed by atoms with E-state index in [4.69, 9.17) is 9.72 Å². The van der Waals surface area contributed by atoms with Crippen molar-refractivity contribution in [2.45, 2.75) is 63.1 Å². The molecule has 3 rings (SSSR count). The Bertz CT molecular complexity index is 947. The Labute approximate surface area is 194 Å². The van der Waals surface area contributed by atoms with Crippen molar-refractivity contribution < 1.29 is 19.4 Å². The average molecular weight is 460 g/mol. The van der Waals surface area contributed by atoms with Crippen LogP contribution in [0.4, 0.5) is 0 Å². The molecular weight excluding hydrogens is 426 g/mol. The van der Waals surface area contributed by atoms with Crippen LogP contribution in [0.25, 0.3) is 11.4 Å². The number of carbonyl (C=O) groups is 2. The number of imidazole rings is 1. The first-order valence-electron chi connectivity index (χ1n) is 11.2. The predicted octanol–water partition coefficient (Wildman–Crippen LogP) is 4.48. The van der Waals surface area contributed by atoms with Crippen LogP contribution < -0.4 is 0 Å². The Hall–Kier alpha value is -2.32. The van der Waals surface area contributed by atoms with Gasteiger partial charge in [0, 0.05) is 35.8 Å². The maximum Gasteiger partial charge on any atom is 0.319 e. The predicted molar refractivity (Wildman–Crippen MR) is 126 cm³/mol. The smallest absolute Gasteiger partial charge is 0.319 e. The van der Waals surface area contributed by atoms with E-state index in [0.29, 0.717) is 32.0 Å². The third-order valence-corrected chi connectivity index (χ3v) is 6.90. The molecule has 0 saturated carbocycles. The fourth-order valence-corrected chi connectivity index (χ4v) is 4.63. The van der Waals surface area contributed by atoms with Crippen molar-refractivity contribution in [3.63, 3.8) is 0 Å². The van der Waals surface area contributed by atoms with Crippen molar-refractivity contribution in [1.29, 1.82) is 0 Å². The summed E-state index contributed by atoms with van der Waals surface area (Å²) >= 11 is 1.31. The number of amides is 1. The SMILES string of the molecule is CCCCCn1c(-c2ccc(SC(C)(C)C(=O)O)cc2)nc(C(=O)N2CCOCC2)c1C. The van der Waals surface area contributed by atoms with E-state index < -0.39 is 10.7 Å². The van der Waals surface area contributed by atoms with Crippen LogP contribution in [0.3, 0.4) is 0 Å². The van der Waals surface area contributed by atoms with E-state index in [-0.39, 0.29) is 5.91 Å². The average Bonchev–Trinajstić information content (AvgIpc) is 3.10. The minimum Gasteiger partial charge on any atom is -0.480 e. The third kappa shape index (κ3) is 5.53. The van der Waals surface area contributed by atoms with E-state index in [0.717, 1.165) is 47.8 Å².